The van der Waals surface area contributed by atoms with Gasteiger partial charge < -0.3 is 11.1 Å². The van der Waals surface area contributed by atoms with Crippen LogP contribution in [0.5, 0.6) is 0 Å². The molecule has 5 nitrogen and oxygen atoms in total. The zero-order valence-corrected chi connectivity index (χ0v) is 10.6. The first-order chi connectivity index (χ1) is 7.32. The van der Waals surface area contributed by atoms with Crippen LogP contribution in [0.1, 0.15) is 26.2 Å². The predicted octanol–water partition coefficient (Wildman–Crippen LogP) is -0.337. The highest BCUT2D eigenvalue weighted by Gasteiger charge is 2.27. The summed E-state index contributed by atoms with van der Waals surface area (Å²) < 4.78 is 22.3. The molecule has 0 saturated heterocycles. The first-order valence-electron chi connectivity index (χ1n) is 5.54. The lowest BCUT2D eigenvalue weighted by Gasteiger charge is -2.17. The molecule has 1 amide bonds. The SMILES string of the molecule is CC(C(=O)NCC1CCCC1N)S(C)(=O)=O. The second-order valence-corrected chi connectivity index (χ2v) is 6.94. The Hall–Kier alpha value is -0.620. The minimum Gasteiger partial charge on any atom is -0.355 e. The summed E-state index contributed by atoms with van der Waals surface area (Å²) in [7, 11) is -3.30. The van der Waals surface area contributed by atoms with Crippen LogP contribution in [0.3, 0.4) is 0 Å². The van der Waals surface area contributed by atoms with Crippen LogP contribution in [0, 0.1) is 5.92 Å². The third-order valence-electron chi connectivity index (χ3n) is 3.27. The van der Waals surface area contributed by atoms with Gasteiger partial charge in [-0.25, -0.2) is 8.42 Å². The molecule has 0 bridgehead atoms. The summed E-state index contributed by atoms with van der Waals surface area (Å²) in [6, 6.07) is 0.133. The Morgan fingerprint density at radius 1 is 1.50 bits per heavy atom. The third-order valence-corrected chi connectivity index (χ3v) is 4.77. The third kappa shape index (κ3) is 3.45. The quantitative estimate of drug-likeness (QED) is 0.712. The standard InChI is InChI=1S/C10H20N2O3S/c1-7(16(2,14)15)10(13)12-6-8-4-3-5-9(8)11/h7-9H,3-6,11H2,1-2H3,(H,12,13). The Morgan fingerprint density at radius 2 is 2.12 bits per heavy atom. The first kappa shape index (κ1) is 13.4. The van der Waals surface area contributed by atoms with Gasteiger partial charge in [0.25, 0.3) is 0 Å². The van der Waals surface area contributed by atoms with Crippen molar-refractivity contribution in [2.45, 2.75) is 37.5 Å². The molecule has 1 saturated carbocycles. The molecule has 16 heavy (non-hydrogen) atoms. The molecule has 1 rings (SSSR count). The Labute approximate surface area is 96.7 Å². The molecule has 0 aromatic heterocycles. The summed E-state index contributed by atoms with van der Waals surface area (Å²) in [5, 5.41) is 1.68. The van der Waals surface area contributed by atoms with Gasteiger partial charge in [-0.2, -0.15) is 0 Å². The Balaban J connectivity index is 2.41. The van der Waals surface area contributed by atoms with Crippen LogP contribution in [-0.4, -0.2) is 38.4 Å². The molecule has 0 radical (unpaired) electrons. The van der Waals surface area contributed by atoms with E-state index in [4.69, 9.17) is 5.73 Å². The molecule has 6 heteroatoms. The number of hydrogen-bond donors (Lipinski definition) is 2. The molecule has 1 fully saturated rings. The van der Waals surface area contributed by atoms with Crippen molar-refractivity contribution in [2.75, 3.05) is 12.8 Å². The van der Waals surface area contributed by atoms with E-state index in [2.05, 4.69) is 5.32 Å². The van der Waals surface area contributed by atoms with Gasteiger partial charge in [0.15, 0.2) is 9.84 Å². The van der Waals surface area contributed by atoms with E-state index in [0.717, 1.165) is 25.5 Å². The first-order valence-corrected chi connectivity index (χ1v) is 7.50. The molecule has 0 heterocycles. The van der Waals surface area contributed by atoms with E-state index in [1.807, 2.05) is 0 Å². The van der Waals surface area contributed by atoms with Gasteiger partial charge in [-0.1, -0.05) is 6.42 Å². The second kappa shape index (κ2) is 5.14. The van der Waals surface area contributed by atoms with Gasteiger partial charge >= 0.3 is 0 Å². The van der Waals surface area contributed by atoms with Gasteiger partial charge in [-0.3, -0.25) is 4.79 Å². The topological polar surface area (TPSA) is 89.3 Å². The van der Waals surface area contributed by atoms with E-state index in [1.165, 1.54) is 6.92 Å². The number of carbonyl (C=O) groups excluding carboxylic acids is 1. The lowest BCUT2D eigenvalue weighted by atomic mass is 10.0. The van der Waals surface area contributed by atoms with E-state index in [1.54, 1.807) is 0 Å². The van der Waals surface area contributed by atoms with Crippen molar-refractivity contribution < 1.29 is 13.2 Å². The normalized spacial score (nSPS) is 27.7. The van der Waals surface area contributed by atoms with Gasteiger partial charge in [0, 0.05) is 18.8 Å². The lowest BCUT2D eigenvalue weighted by molar-refractivity contribution is -0.120. The Kier molecular flexibility index (Phi) is 4.32. The number of hydrogen-bond acceptors (Lipinski definition) is 4. The second-order valence-electron chi connectivity index (χ2n) is 4.57. The number of nitrogens with two attached hydrogens (primary N) is 1. The summed E-state index contributed by atoms with van der Waals surface area (Å²) in [6.45, 7) is 1.89. The Bertz CT molecular complexity index is 353. The molecule has 0 aromatic rings. The fourth-order valence-electron chi connectivity index (χ4n) is 1.89. The predicted molar refractivity (Wildman–Crippen MR) is 62.6 cm³/mol. The molecule has 3 atom stereocenters. The molecule has 3 unspecified atom stereocenters. The summed E-state index contributed by atoms with van der Waals surface area (Å²) >= 11 is 0. The summed E-state index contributed by atoms with van der Waals surface area (Å²) in [6.07, 6.45) is 4.15. The fraction of sp³-hybridized carbons (Fsp3) is 0.900. The zero-order chi connectivity index (χ0) is 12.3. The highest BCUT2D eigenvalue weighted by atomic mass is 32.2. The average molecular weight is 248 g/mol. The Morgan fingerprint density at radius 3 is 2.56 bits per heavy atom. The summed E-state index contributed by atoms with van der Waals surface area (Å²) in [5.74, 6) is -0.141. The molecular weight excluding hydrogens is 228 g/mol. The summed E-state index contributed by atoms with van der Waals surface area (Å²) in [4.78, 5) is 11.5. The molecule has 0 aromatic carbocycles. The van der Waals surface area contributed by atoms with Crippen molar-refractivity contribution >= 4 is 15.7 Å². The number of rotatable bonds is 4. The highest BCUT2D eigenvalue weighted by Crippen LogP contribution is 2.23. The number of amides is 1. The van der Waals surface area contributed by atoms with Gasteiger partial charge in [0.1, 0.15) is 5.25 Å². The molecule has 1 aliphatic carbocycles. The molecule has 3 N–H and O–H groups in total. The zero-order valence-electron chi connectivity index (χ0n) is 9.77. The smallest absolute Gasteiger partial charge is 0.238 e. The van der Waals surface area contributed by atoms with Crippen LogP contribution >= 0.6 is 0 Å². The van der Waals surface area contributed by atoms with Crippen LogP contribution in [-0.2, 0) is 14.6 Å². The number of nitrogens with one attached hydrogen (secondary N) is 1. The molecule has 94 valence electrons. The van der Waals surface area contributed by atoms with Crippen LogP contribution in [0.15, 0.2) is 0 Å². The van der Waals surface area contributed by atoms with E-state index < -0.39 is 21.0 Å². The number of sulfone groups is 1. The van der Waals surface area contributed by atoms with Crippen molar-refractivity contribution in [1.82, 2.24) is 5.32 Å². The maximum atomic E-state index is 11.5. The average Bonchev–Trinajstić information content (AvgIpc) is 2.58. The molecule has 0 aliphatic heterocycles. The van der Waals surface area contributed by atoms with E-state index in [0.29, 0.717) is 6.54 Å². The molecular formula is C10H20N2O3S. The maximum absolute atomic E-state index is 11.5. The van der Waals surface area contributed by atoms with Crippen LogP contribution < -0.4 is 11.1 Å². The molecule has 1 aliphatic rings. The van der Waals surface area contributed by atoms with Crippen molar-refractivity contribution in [3.63, 3.8) is 0 Å². The fourth-order valence-corrected chi connectivity index (χ4v) is 2.36. The van der Waals surface area contributed by atoms with Crippen molar-refractivity contribution in [3.8, 4) is 0 Å². The number of carbonyl (C=O) groups is 1. The van der Waals surface area contributed by atoms with E-state index in [9.17, 15) is 13.2 Å². The summed E-state index contributed by atoms with van der Waals surface area (Å²) in [5.41, 5.74) is 5.86. The van der Waals surface area contributed by atoms with E-state index >= 15 is 0 Å². The van der Waals surface area contributed by atoms with Crippen LogP contribution in [0.2, 0.25) is 0 Å². The van der Waals surface area contributed by atoms with Crippen molar-refractivity contribution in [3.05, 3.63) is 0 Å². The minimum atomic E-state index is -3.30. The minimum absolute atomic E-state index is 0.133. The van der Waals surface area contributed by atoms with Gasteiger partial charge in [-0.05, 0) is 25.7 Å². The van der Waals surface area contributed by atoms with Gasteiger partial charge in [0.2, 0.25) is 5.91 Å². The van der Waals surface area contributed by atoms with E-state index in [-0.39, 0.29) is 12.0 Å². The molecule has 0 spiro atoms. The lowest BCUT2D eigenvalue weighted by Crippen LogP contribution is -2.42. The van der Waals surface area contributed by atoms with Gasteiger partial charge in [-0.15, -0.1) is 0 Å². The monoisotopic (exact) mass is 248 g/mol. The van der Waals surface area contributed by atoms with Crippen LogP contribution in [0.25, 0.3) is 0 Å². The largest absolute Gasteiger partial charge is 0.355 e. The van der Waals surface area contributed by atoms with Gasteiger partial charge in [0.05, 0.1) is 0 Å². The highest BCUT2D eigenvalue weighted by molar-refractivity contribution is 7.92. The van der Waals surface area contributed by atoms with Crippen molar-refractivity contribution in [1.29, 1.82) is 0 Å². The van der Waals surface area contributed by atoms with Crippen molar-refractivity contribution in [2.24, 2.45) is 11.7 Å². The maximum Gasteiger partial charge on any atom is 0.238 e. The van der Waals surface area contributed by atoms with Crippen LogP contribution in [0.4, 0.5) is 0 Å².